The second-order valence-electron chi connectivity index (χ2n) is 5.55. The third-order valence-electron chi connectivity index (χ3n) is 4.13. The molecule has 0 unspecified atom stereocenters. The predicted octanol–water partition coefficient (Wildman–Crippen LogP) is 2.18. The number of piperidine rings is 1. The zero-order valence-electron chi connectivity index (χ0n) is 11.4. The van der Waals surface area contributed by atoms with Crippen molar-refractivity contribution in [2.75, 3.05) is 20.1 Å². The Morgan fingerprint density at radius 1 is 1.26 bits per heavy atom. The highest BCUT2D eigenvalue weighted by Crippen LogP contribution is 2.23. The van der Waals surface area contributed by atoms with Crippen molar-refractivity contribution in [1.29, 1.82) is 0 Å². The molecular weight excluding hydrogens is 238 g/mol. The number of allylic oxidation sites excluding steroid dienone is 4. The van der Waals surface area contributed by atoms with Gasteiger partial charge in [-0.2, -0.15) is 0 Å². The summed E-state index contributed by atoms with van der Waals surface area (Å²) >= 11 is 0. The predicted molar refractivity (Wildman–Crippen MR) is 77.2 cm³/mol. The van der Waals surface area contributed by atoms with E-state index in [9.17, 15) is 4.79 Å². The summed E-state index contributed by atoms with van der Waals surface area (Å²) in [7, 11) is 2.14. The van der Waals surface area contributed by atoms with E-state index in [1.807, 2.05) is 10.8 Å². The van der Waals surface area contributed by atoms with Gasteiger partial charge in [0.15, 0.2) is 0 Å². The molecule has 3 rings (SSSR count). The number of aromatic amines is 1. The molecule has 1 saturated heterocycles. The van der Waals surface area contributed by atoms with Gasteiger partial charge in [0.05, 0.1) is 5.69 Å². The van der Waals surface area contributed by atoms with Crippen molar-refractivity contribution in [2.24, 2.45) is 0 Å². The monoisotopic (exact) mass is 259 g/mol. The Hall–Kier alpha value is -1.55. The third-order valence-corrected chi connectivity index (χ3v) is 4.13. The minimum Gasteiger partial charge on any atom is -0.306 e. The first-order valence-corrected chi connectivity index (χ1v) is 7.11. The van der Waals surface area contributed by atoms with Crippen LogP contribution in [-0.2, 0) is 0 Å². The van der Waals surface area contributed by atoms with Crippen LogP contribution in [0.2, 0.25) is 0 Å². The van der Waals surface area contributed by atoms with Crippen LogP contribution in [0.3, 0.4) is 0 Å². The van der Waals surface area contributed by atoms with Crippen LogP contribution in [-0.4, -0.2) is 34.6 Å². The Morgan fingerprint density at radius 3 is 2.74 bits per heavy atom. The smallest absolute Gasteiger partial charge is 0.306 e. The summed E-state index contributed by atoms with van der Waals surface area (Å²) in [5, 5.41) is 0. The molecule has 1 aliphatic carbocycles. The number of nitrogens with one attached hydrogen (secondary N) is 1. The number of H-pyrrole nitrogens is 1. The van der Waals surface area contributed by atoms with Gasteiger partial charge in [0.2, 0.25) is 0 Å². The zero-order chi connectivity index (χ0) is 13.2. The van der Waals surface area contributed by atoms with Crippen molar-refractivity contribution in [3.63, 3.8) is 0 Å². The van der Waals surface area contributed by atoms with Gasteiger partial charge in [-0.15, -0.1) is 0 Å². The second-order valence-corrected chi connectivity index (χ2v) is 5.55. The van der Waals surface area contributed by atoms with Gasteiger partial charge in [0, 0.05) is 12.2 Å². The number of hydrogen-bond donors (Lipinski definition) is 1. The highest BCUT2D eigenvalue weighted by atomic mass is 16.1. The molecule has 0 bridgehead atoms. The fraction of sp³-hybridized carbons (Fsp3) is 0.533. The van der Waals surface area contributed by atoms with E-state index in [1.165, 1.54) is 0 Å². The van der Waals surface area contributed by atoms with E-state index in [4.69, 9.17) is 0 Å². The maximum Gasteiger partial charge on any atom is 0.326 e. The highest BCUT2D eigenvalue weighted by Gasteiger charge is 2.20. The summed E-state index contributed by atoms with van der Waals surface area (Å²) in [5.41, 5.74) is 2.14. The fourth-order valence-electron chi connectivity index (χ4n) is 2.91. The maximum atomic E-state index is 12.1. The lowest BCUT2D eigenvalue weighted by molar-refractivity contribution is 0.219. The van der Waals surface area contributed by atoms with E-state index in [2.05, 4.69) is 35.2 Å². The van der Waals surface area contributed by atoms with Gasteiger partial charge >= 0.3 is 5.69 Å². The molecule has 1 fully saturated rings. The molecule has 0 atom stereocenters. The van der Waals surface area contributed by atoms with Crippen LogP contribution in [0.4, 0.5) is 0 Å². The van der Waals surface area contributed by atoms with Crippen LogP contribution in [0, 0.1) is 0 Å². The number of nitrogens with zero attached hydrogens (tertiary/aromatic N) is 2. The molecule has 1 aliphatic heterocycles. The van der Waals surface area contributed by atoms with Crippen LogP contribution >= 0.6 is 0 Å². The normalized spacial score (nSPS) is 21.6. The van der Waals surface area contributed by atoms with E-state index >= 15 is 0 Å². The molecule has 0 saturated carbocycles. The third kappa shape index (κ3) is 2.59. The maximum absolute atomic E-state index is 12.1. The summed E-state index contributed by atoms with van der Waals surface area (Å²) in [4.78, 5) is 17.4. The van der Waals surface area contributed by atoms with Gasteiger partial charge in [0.1, 0.15) is 0 Å². The minimum absolute atomic E-state index is 0.0319. The summed E-state index contributed by atoms with van der Waals surface area (Å²) in [6, 6.07) is 0.349. The van der Waals surface area contributed by atoms with Crippen molar-refractivity contribution in [3.05, 3.63) is 40.6 Å². The average Bonchev–Trinajstić information content (AvgIpc) is 2.83. The van der Waals surface area contributed by atoms with E-state index in [-0.39, 0.29) is 5.69 Å². The first-order chi connectivity index (χ1) is 9.24. The van der Waals surface area contributed by atoms with Crippen molar-refractivity contribution in [3.8, 4) is 0 Å². The van der Waals surface area contributed by atoms with Crippen LogP contribution in [0.5, 0.6) is 0 Å². The SMILES string of the molecule is CN1CCC(n2cc(C3=CCCC=C3)[nH]c2=O)CC1. The molecule has 2 heterocycles. The molecule has 102 valence electrons. The lowest BCUT2D eigenvalue weighted by Gasteiger charge is -2.29. The number of likely N-dealkylation sites (tertiary alicyclic amines) is 1. The largest absolute Gasteiger partial charge is 0.326 e. The summed E-state index contributed by atoms with van der Waals surface area (Å²) in [5.74, 6) is 0. The molecule has 1 aromatic rings. The van der Waals surface area contributed by atoms with Crippen LogP contribution < -0.4 is 5.69 Å². The molecule has 1 N–H and O–H groups in total. The molecule has 0 radical (unpaired) electrons. The number of hydrogen-bond acceptors (Lipinski definition) is 2. The Labute approximate surface area is 113 Å². The van der Waals surface area contributed by atoms with Crippen molar-refractivity contribution in [2.45, 2.75) is 31.7 Å². The van der Waals surface area contributed by atoms with E-state index < -0.39 is 0 Å². The van der Waals surface area contributed by atoms with Gasteiger partial charge in [-0.1, -0.05) is 18.2 Å². The Bertz CT molecular complexity index is 556. The van der Waals surface area contributed by atoms with Gasteiger partial charge in [-0.05, 0) is 51.4 Å². The standard InChI is InChI=1S/C15H21N3O/c1-17-9-7-13(8-10-17)18-11-14(16-15(18)19)12-5-3-2-4-6-12/h3,5-6,11,13H,2,4,7-10H2,1H3,(H,16,19). The quantitative estimate of drug-likeness (QED) is 0.884. The molecule has 2 aliphatic rings. The molecule has 0 spiro atoms. The van der Waals surface area contributed by atoms with E-state index in [0.717, 1.165) is 50.0 Å². The summed E-state index contributed by atoms with van der Waals surface area (Å²) in [6.07, 6.45) is 12.8. The molecular formula is C15H21N3O. The first-order valence-electron chi connectivity index (χ1n) is 7.11. The fourth-order valence-corrected chi connectivity index (χ4v) is 2.91. The number of aromatic nitrogens is 2. The Balaban J connectivity index is 1.83. The number of imidazole rings is 1. The average molecular weight is 259 g/mol. The second kappa shape index (κ2) is 5.21. The van der Waals surface area contributed by atoms with Crippen molar-refractivity contribution >= 4 is 5.57 Å². The lowest BCUT2D eigenvalue weighted by Crippen LogP contribution is -2.34. The van der Waals surface area contributed by atoms with Crippen LogP contribution in [0.1, 0.15) is 37.4 Å². The van der Waals surface area contributed by atoms with E-state index in [0.29, 0.717) is 6.04 Å². The molecule has 0 amide bonds. The summed E-state index contributed by atoms with van der Waals surface area (Å²) in [6.45, 7) is 2.14. The summed E-state index contributed by atoms with van der Waals surface area (Å²) < 4.78 is 1.89. The Kier molecular flexibility index (Phi) is 3.42. The van der Waals surface area contributed by atoms with Crippen molar-refractivity contribution < 1.29 is 0 Å². The number of rotatable bonds is 2. The topological polar surface area (TPSA) is 41.0 Å². The lowest BCUT2D eigenvalue weighted by atomic mass is 10.0. The van der Waals surface area contributed by atoms with Gasteiger partial charge < -0.3 is 9.88 Å². The van der Waals surface area contributed by atoms with Gasteiger partial charge in [0.25, 0.3) is 0 Å². The van der Waals surface area contributed by atoms with Gasteiger partial charge in [-0.3, -0.25) is 4.57 Å². The van der Waals surface area contributed by atoms with Crippen LogP contribution in [0.15, 0.2) is 29.2 Å². The van der Waals surface area contributed by atoms with Gasteiger partial charge in [-0.25, -0.2) is 4.79 Å². The molecule has 1 aromatic heterocycles. The molecule has 4 heteroatoms. The first kappa shape index (κ1) is 12.5. The highest BCUT2D eigenvalue weighted by molar-refractivity contribution is 5.72. The van der Waals surface area contributed by atoms with Crippen LogP contribution in [0.25, 0.3) is 5.57 Å². The van der Waals surface area contributed by atoms with Crippen molar-refractivity contribution in [1.82, 2.24) is 14.5 Å². The minimum atomic E-state index is 0.0319. The molecule has 0 aromatic carbocycles. The Morgan fingerprint density at radius 2 is 2.05 bits per heavy atom. The van der Waals surface area contributed by atoms with E-state index in [1.54, 1.807) is 0 Å². The molecule has 4 nitrogen and oxygen atoms in total. The zero-order valence-corrected chi connectivity index (χ0v) is 11.4. The molecule has 19 heavy (non-hydrogen) atoms.